The fraction of sp³-hybridized carbons (Fsp3) is 0.222. The van der Waals surface area contributed by atoms with E-state index >= 15 is 0 Å². The van der Waals surface area contributed by atoms with Gasteiger partial charge in [0.1, 0.15) is 5.75 Å². The van der Waals surface area contributed by atoms with Crippen LogP contribution in [0.5, 0.6) is 5.75 Å². The van der Waals surface area contributed by atoms with Crippen molar-refractivity contribution in [3.05, 3.63) is 64.7 Å². The average molecular weight is 331 g/mol. The van der Waals surface area contributed by atoms with Gasteiger partial charge in [-0.1, -0.05) is 31.0 Å². The number of unbranched alkanes of at least 4 members (excludes halogenated alkanes) is 1. The maximum atomic E-state index is 11.9. The average Bonchev–Trinajstić information content (AvgIpc) is 2.56. The van der Waals surface area contributed by atoms with Crippen molar-refractivity contribution in [2.45, 2.75) is 19.8 Å². The normalized spacial score (nSPS) is 10.7. The van der Waals surface area contributed by atoms with Gasteiger partial charge in [0.15, 0.2) is 0 Å². The van der Waals surface area contributed by atoms with Crippen LogP contribution in [0.2, 0.25) is 5.02 Å². The lowest BCUT2D eigenvalue weighted by molar-refractivity contribution is 0.0955. The van der Waals surface area contributed by atoms with Gasteiger partial charge >= 0.3 is 0 Å². The van der Waals surface area contributed by atoms with E-state index in [1.54, 1.807) is 30.5 Å². The van der Waals surface area contributed by atoms with E-state index in [9.17, 15) is 4.79 Å². The van der Waals surface area contributed by atoms with E-state index in [-0.39, 0.29) is 5.91 Å². The lowest BCUT2D eigenvalue weighted by Gasteiger charge is -2.05. The molecule has 0 atom stereocenters. The van der Waals surface area contributed by atoms with Crippen LogP contribution in [0.25, 0.3) is 0 Å². The summed E-state index contributed by atoms with van der Waals surface area (Å²) in [5, 5.41) is 4.46. The number of amides is 1. The van der Waals surface area contributed by atoms with E-state index in [2.05, 4.69) is 17.5 Å². The molecule has 0 fully saturated rings. The predicted octanol–water partition coefficient (Wildman–Crippen LogP) is 4.28. The molecule has 0 unspecified atom stereocenters. The molecule has 120 valence electrons. The number of benzene rings is 2. The van der Waals surface area contributed by atoms with Crippen molar-refractivity contribution in [2.24, 2.45) is 5.10 Å². The summed E-state index contributed by atoms with van der Waals surface area (Å²) in [4.78, 5) is 11.9. The second-order valence-corrected chi connectivity index (χ2v) is 5.42. The molecule has 1 N–H and O–H groups in total. The van der Waals surface area contributed by atoms with Crippen LogP contribution in [0.3, 0.4) is 0 Å². The smallest absolute Gasteiger partial charge is 0.271 e. The third kappa shape index (κ3) is 5.75. The Balaban J connectivity index is 1.86. The molecule has 0 saturated carbocycles. The minimum absolute atomic E-state index is 0.303. The van der Waals surface area contributed by atoms with Crippen LogP contribution < -0.4 is 10.2 Å². The summed E-state index contributed by atoms with van der Waals surface area (Å²) in [6, 6.07) is 14.2. The third-order valence-electron chi connectivity index (χ3n) is 3.11. The standard InChI is InChI=1S/C18H19ClN2O2/c1-2-3-11-23-17-9-7-14(8-10-17)13-20-21-18(22)15-5-4-6-16(19)12-15/h4-10,12-13H,2-3,11H2,1H3,(H,21,22)/b20-13-. The second-order valence-electron chi connectivity index (χ2n) is 4.98. The first-order valence-electron chi connectivity index (χ1n) is 7.51. The fourth-order valence-electron chi connectivity index (χ4n) is 1.84. The van der Waals surface area contributed by atoms with Gasteiger partial charge in [-0.25, -0.2) is 5.43 Å². The summed E-state index contributed by atoms with van der Waals surface area (Å²) < 4.78 is 5.59. The van der Waals surface area contributed by atoms with E-state index in [0.717, 1.165) is 30.8 Å². The quantitative estimate of drug-likeness (QED) is 0.468. The van der Waals surface area contributed by atoms with Crippen molar-refractivity contribution >= 4 is 23.7 Å². The van der Waals surface area contributed by atoms with Gasteiger partial charge < -0.3 is 4.74 Å². The zero-order valence-corrected chi connectivity index (χ0v) is 13.7. The molecule has 0 saturated heterocycles. The second kappa shape index (κ2) is 8.96. The van der Waals surface area contributed by atoms with Gasteiger partial charge in [0.05, 0.1) is 12.8 Å². The van der Waals surface area contributed by atoms with Gasteiger partial charge in [-0.3, -0.25) is 4.79 Å². The number of hydrogen-bond donors (Lipinski definition) is 1. The Morgan fingerprint density at radius 3 is 2.74 bits per heavy atom. The Labute approximate surface area is 141 Å². The fourth-order valence-corrected chi connectivity index (χ4v) is 2.03. The van der Waals surface area contributed by atoms with Gasteiger partial charge in [0.2, 0.25) is 0 Å². The number of halogens is 1. The molecular formula is C18H19ClN2O2. The summed E-state index contributed by atoms with van der Waals surface area (Å²) in [5.74, 6) is 0.529. The summed E-state index contributed by atoms with van der Waals surface area (Å²) in [6.07, 6.45) is 3.73. The number of hydrogen-bond acceptors (Lipinski definition) is 3. The Bertz CT molecular complexity index is 669. The highest BCUT2D eigenvalue weighted by molar-refractivity contribution is 6.30. The van der Waals surface area contributed by atoms with Crippen molar-refractivity contribution < 1.29 is 9.53 Å². The summed E-state index contributed by atoms with van der Waals surface area (Å²) in [6.45, 7) is 2.85. The molecule has 0 bridgehead atoms. The van der Waals surface area contributed by atoms with Crippen LogP contribution in [0.15, 0.2) is 53.6 Å². The number of carbonyl (C=O) groups excluding carboxylic acids is 1. The number of carbonyl (C=O) groups is 1. The van der Waals surface area contributed by atoms with E-state index in [4.69, 9.17) is 16.3 Å². The Hall–Kier alpha value is -2.33. The predicted molar refractivity (Wildman–Crippen MR) is 93.4 cm³/mol. The molecule has 0 aliphatic heterocycles. The van der Waals surface area contributed by atoms with Crippen LogP contribution in [0.4, 0.5) is 0 Å². The summed E-state index contributed by atoms with van der Waals surface area (Å²) in [5.41, 5.74) is 3.81. The van der Waals surface area contributed by atoms with Crippen LogP contribution in [-0.4, -0.2) is 18.7 Å². The first-order valence-corrected chi connectivity index (χ1v) is 7.88. The lowest BCUT2D eigenvalue weighted by atomic mass is 10.2. The van der Waals surface area contributed by atoms with Crippen molar-refractivity contribution in [3.8, 4) is 5.75 Å². The van der Waals surface area contributed by atoms with Crippen LogP contribution >= 0.6 is 11.6 Å². The van der Waals surface area contributed by atoms with Gasteiger partial charge in [-0.2, -0.15) is 5.10 Å². The van der Waals surface area contributed by atoms with Crippen molar-refractivity contribution in [2.75, 3.05) is 6.61 Å². The number of hydrazone groups is 1. The zero-order chi connectivity index (χ0) is 16.5. The zero-order valence-electron chi connectivity index (χ0n) is 13.0. The van der Waals surface area contributed by atoms with E-state index < -0.39 is 0 Å². The maximum absolute atomic E-state index is 11.9. The van der Waals surface area contributed by atoms with Crippen LogP contribution in [0, 0.1) is 0 Å². The molecular weight excluding hydrogens is 312 g/mol. The first kappa shape index (κ1) is 17.0. The van der Waals surface area contributed by atoms with E-state index in [1.807, 2.05) is 24.3 Å². The topological polar surface area (TPSA) is 50.7 Å². The number of nitrogens with one attached hydrogen (secondary N) is 1. The van der Waals surface area contributed by atoms with Crippen molar-refractivity contribution in [3.63, 3.8) is 0 Å². The highest BCUT2D eigenvalue weighted by atomic mass is 35.5. The molecule has 0 spiro atoms. The maximum Gasteiger partial charge on any atom is 0.271 e. The Morgan fingerprint density at radius 1 is 1.26 bits per heavy atom. The van der Waals surface area contributed by atoms with Gasteiger partial charge in [0, 0.05) is 10.6 Å². The molecule has 2 rings (SSSR count). The molecule has 0 aromatic heterocycles. The summed E-state index contributed by atoms with van der Waals surface area (Å²) >= 11 is 5.85. The molecule has 0 radical (unpaired) electrons. The molecule has 0 heterocycles. The highest BCUT2D eigenvalue weighted by Gasteiger charge is 2.03. The molecule has 2 aromatic carbocycles. The Kier molecular flexibility index (Phi) is 6.63. The Morgan fingerprint density at radius 2 is 2.04 bits per heavy atom. The first-order chi connectivity index (χ1) is 11.2. The van der Waals surface area contributed by atoms with E-state index in [0.29, 0.717) is 10.6 Å². The summed E-state index contributed by atoms with van der Waals surface area (Å²) in [7, 11) is 0. The molecule has 1 amide bonds. The highest BCUT2D eigenvalue weighted by Crippen LogP contribution is 2.12. The van der Waals surface area contributed by atoms with Crippen molar-refractivity contribution in [1.29, 1.82) is 0 Å². The minimum Gasteiger partial charge on any atom is -0.494 e. The molecule has 2 aromatic rings. The monoisotopic (exact) mass is 330 g/mol. The third-order valence-corrected chi connectivity index (χ3v) is 3.35. The SMILES string of the molecule is CCCCOc1ccc(/C=N\NC(=O)c2cccc(Cl)c2)cc1. The molecule has 0 aliphatic rings. The number of nitrogens with zero attached hydrogens (tertiary/aromatic N) is 1. The molecule has 5 heteroatoms. The van der Waals surface area contributed by atoms with Gasteiger partial charge in [-0.05, 0) is 54.4 Å². The number of rotatable bonds is 7. The van der Waals surface area contributed by atoms with Crippen LogP contribution in [0.1, 0.15) is 35.7 Å². The molecule has 23 heavy (non-hydrogen) atoms. The lowest BCUT2D eigenvalue weighted by Crippen LogP contribution is -2.17. The van der Waals surface area contributed by atoms with Gasteiger partial charge in [-0.15, -0.1) is 0 Å². The molecule has 0 aliphatic carbocycles. The van der Waals surface area contributed by atoms with E-state index in [1.165, 1.54) is 0 Å². The van der Waals surface area contributed by atoms with Crippen LogP contribution in [-0.2, 0) is 0 Å². The molecule has 4 nitrogen and oxygen atoms in total. The number of ether oxygens (including phenoxy) is 1. The van der Waals surface area contributed by atoms with Gasteiger partial charge in [0.25, 0.3) is 5.91 Å². The largest absolute Gasteiger partial charge is 0.494 e. The van der Waals surface area contributed by atoms with Crippen molar-refractivity contribution in [1.82, 2.24) is 5.43 Å². The minimum atomic E-state index is -0.303.